The quantitative estimate of drug-likeness (QED) is 0.570. The molecule has 0 aromatic rings. The summed E-state index contributed by atoms with van der Waals surface area (Å²) in [7, 11) is 2.83. The van der Waals surface area contributed by atoms with Gasteiger partial charge >= 0.3 is 11.9 Å². The molecule has 24 heavy (non-hydrogen) atoms. The fourth-order valence-electron chi connectivity index (χ4n) is 6.26. The largest absolute Gasteiger partial charge is 0.466 e. The Hall–Kier alpha value is -1.58. The molecule has 130 valence electrons. The van der Waals surface area contributed by atoms with Crippen molar-refractivity contribution in [2.75, 3.05) is 14.2 Å². The maximum Gasteiger partial charge on any atom is 0.335 e. The Morgan fingerprint density at radius 3 is 1.54 bits per heavy atom. The molecule has 0 spiro atoms. The predicted octanol–water partition coefficient (Wildman–Crippen LogP) is 3.85. The van der Waals surface area contributed by atoms with E-state index in [9.17, 15) is 9.59 Å². The summed E-state index contributed by atoms with van der Waals surface area (Å²) in [6.07, 6.45) is 11.1. The van der Waals surface area contributed by atoms with E-state index in [-0.39, 0.29) is 22.8 Å². The Kier molecular flexibility index (Phi) is 3.63. The molecule has 0 bridgehead atoms. The first kappa shape index (κ1) is 15.9. The van der Waals surface area contributed by atoms with Gasteiger partial charge in [-0.1, -0.05) is 36.8 Å². The molecule has 1 fully saturated rings. The maximum atomic E-state index is 12.6. The molecule has 0 aliphatic heterocycles. The van der Waals surface area contributed by atoms with Gasteiger partial charge in [0.25, 0.3) is 0 Å². The van der Waals surface area contributed by atoms with Gasteiger partial charge in [0, 0.05) is 10.8 Å². The number of carbonyl (C=O) groups excluding carboxylic acids is 2. The Labute approximate surface area is 143 Å². The van der Waals surface area contributed by atoms with Crippen LogP contribution in [0.4, 0.5) is 0 Å². The highest BCUT2D eigenvalue weighted by Crippen LogP contribution is 2.81. The summed E-state index contributed by atoms with van der Waals surface area (Å²) in [5.41, 5.74) is 3.74. The van der Waals surface area contributed by atoms with E-state index >= 15 is 0 Å². The van der Waals surface area contributed by atoms with Crippen molar-refractivity contribution in [2.24, 2.45) is 10.8 Å². The maximum absolute atomic E-state index is 12.6. The molecule has 0 amide bonds. The summed E-state index contributed by atoms with van der Waals surface area (Å²) in [4.78, 5) is 25.2. The molecule has 0 aromatic heterocycles. The van der Waals surface area contributed by atoms with Crippen molar-refractivity contribution >= 4 is 11.9 Å². The van der Waals surface area contributed by atoms with Crippen LogP contribution in [0.2, 0.25) is 0 Å². The lowest BCUT2D eigenvalue weighted by Crippen LogP contribution is -2.65. The van der Waals surface area contributed by atoms with Gasteiger partial charge in [0.1, 0.15) is 0 Å². The average molecular weight is 330 g/mol. The molecule has 2 unspecified atom stereocenters. The summed E-state index contributed by atoms with van der Waals surface area (Å²) < 4.78 is 10.2. The molecule has 1 saturated carbocycles. The van der Waals surface area contributed by atoms with Crippen molar-refractivity contribution in [1.82, 2.24) is 0 Å². The second-order valence-corrected chi connectivity index (χ2v) is 7.62. The molecule has 0 aromatic carbocycles. The van der Waals surface area contributed by atoms with Gasteiger partial charge in [0.15, 0.2) is 0 Å². The summed E-state index contributed by atoms with van der Waals surface area (Å²) >= 11 is 0. The van der Waals surface area contributed by atoms with Gasteiger partial charge in [-0.2, -0.15) is 0 Å². The molecule has 0 radical (unpaired) electrons. The molecular weight excluding hydrogens is 304 g/mol. The van der Waals surface area contributed by atoms with Crippen LogP contribution in [0.25, 0.3) is 0 Å². The lowest BCUT2D eigenvalue weighted by molar-refractivity contribution is -0.147. The highest BCUT2D eigenvalue weighted by Gasteiger charge is 2.76. The minimum Gasteiger partial charge on any atom is -0.466 e. The summed E-state index contributed by atoms with van der Waals surface area (Å²) in [5.74, 6) is -0.660. The molecule has 4 rings (SSSR count). The zero-order valence-corrected chi connectivity index (χ0v) is 14.7. The number of allylic oxidation sites excluding steroid dienone is 2. The standard InChI is InChI=1S/C20H26O4/c1-23-17(21)15-16(18(22)24-2)20-12-8-4-7-11-19(15,20)13-9-5-3-6-10-14(13)20/h3-12H2,1-2H3. The number of carbonyl (C=O) groups is 2. The van der Waals surface area contributed by atoms with E-state index < -0.39 is 0 Å². The lowest BCUT2D eigenvalue weighted by atomic mass is 9.31. The van der Waals surface area contributed by atoms with E-state index in [2.05, 4.69) is 0 Å². The summed E-state index contributed by atoms with van der Waals surface area (Å²) in [6, 6.07) is 0. The molecular formula is C20H26O4. The molecule has 0 heterocycles. The average Bonchev–Trinajstić information content (AvgIpc) is 2.87. The fourth-order valence-corrected chi connectivity index (χ4v) is 6.26. The first-order valence-corrected chi connectivity index (χ1v) is 9.30. The van der Waals surface area contributed by atoms with E-state index in [1.54, 1.807) is 0 Å². The number of methoxy groups -OCH3 is 2. The van der Waals surface area contributed by atoms with E-state index in [0.717, 1.165) is 38.5 Å². The van der Waals surface area contributed by atoms with Crippen molar-refractivity contribution in [3.63, 3.8) is 0 Å². The van der Waals surface area contributed by atoms with E-state index in [1.807, 2.05) is 0 Å². The van der Waals surface area contributed by atoms with Crippen LogP contribution in [0.1, 0.15) is 64.2 Å². The molecule has 2 atom stereocenters. The molecule has 0 N–H and O–H groups in total. The Morgan fingerprint density at radius 2 is 1.12 bits per heavy atom. The third kappa shape index (κ3) is 1.60. The van der Waals surface area contributed by atoms with Gasteiger partial charge in [-0.05, 0) is 38.5 Å². The minimum absolute atomic E-state index is 0.222. The van der Waals surface area contributed by atoms with Crippen LogP contribution in [0, 0.1) is 10.8 Å². The zero-order valence-electron chi connectivity index (χ0n) is 14.7. The van der Waals surface area contributed by atoms with Crippen LogP contribution in [0.5, 0.6) is 0 Å². The molecule has 4 aliphatic rings. The second-order valence-electron chi connectivity index (χ2n) is 7.62. The third-order valence-electron chi connectivity index (χ3n) is 6.96. The number of hydrogen-bond donors (Lipinski definition) is 0. The number of rotatable bonds is 2. The van der Waals surface area contributed by atoms with E-state index in [4.69, 9.17) is 9.47 Å². The van der Waals surface area contributed by atoms with Crippen LogP contribution in [0.15, 0.2) is 22.3 Å². The smallest absolute Gasteiger partial charge is 0.335 e. The molecule has 4 aliphatic carbocycles. The topological polar surface area (TPSA) is 52.6 Å². The Bertz CT molecular complexity index is 617. The monoisotopic (exact) mass is 330 g/mol. The normalized spacial score (nSPS) is 34.6. The lowest BCUT2D eigenvalue weighted by Gasteiger charge is -2.69. The van der Waals surface area contributed by atoms with Crippen LogP contribution in [-0.2, 0) is 19.1 Å². The highest BCUT2D eigenvalue weighted by molar-refractivity contribution is 6.09. The van der Waals surface area contributed by atoms with Crippen LogP contribution < -0.4 is 0 Å². The van der Waals surface area contributed by atoms with Gasteiger partial charge in [-0.15, -0.1) is 0 Å². The number of hydrogen-bond acceptors (Lipinski definition) is 4. The molecule has 4 nitrogen and oxygen atoms in total. The zero-order chi connectivity index (χ0) is 16.9. The molecule has 4 heteroatoms. The van der Waals surface area contributed by atoms with Crippen molar-refractivity contribution in [3.8, 4) is 0 Å². The van der Waals surface area contributed by atoms with Crippen LogP contribution >= 0.6 is 0 Å². The second kappa shape index (κ2) is 5.47. The van der Waals surface area contributed by atoms with Crippen molar-refractivity contribution in [3.05, 3.63) is 22.3 Å². The first-order valence-electron chi connectivity index (χ1n) is 9.30. The third-order valence-corrected chi connectivity index (χ3v) is 6.96. The Morgan fingerprint density at radius 1 is 0.708 bits per heavy atom. The van der Waals surface area contributed by atoms with E-state index in [0.29, 0.717) is 11.1 Å². The van der Waals surface area contributed by atoms with Crippen molar-refractivity contribution in [1.29, 1.82) is 0 Å². The van der Waals surface area contributed by atoms with Crippen LogP contribution in [-0.4, -0.2) is 26.2 Å². The van der Waals surface area contributed by atoms with Gasteiger partial charge in [0.05, 0.1) is 25.4 Å². The minimum atomic E-state index is -0.330. The SMILES string of the molecule is COC(=O)C1=C(C(=O)OC)C23CCCCCC12C1=C3CCCCC1. The Balaban J connectivity index is 1.93. The predicted molar refractivity (Wildman–Crippen MR) is 89.1 cm³/mol. The van der Waals surface area contributed by atoms with Crippen molar-refractivity contribution < 1.29 is 19.1 Å². The van der Waals surface area contributed by atoms with Gasteiger partial charge in [-0.3, -0.25) is 0 Å². The van der Waals surface area contributed by atoms with Crippen molar-refractivity contribution in [2.45, 2.75) is 64.2 Å². The first-order chi connectivity index (χ1) is 11.6. The molecule has 0 saturated heterocycles. The summed E-state index contributed by atoms with van der Waals surface area (Å²) in [6.45, 7) is 0. The van der Waals surface area contributed by atoms with Gasteiger partial charge in [-0.25, -0.2) is 9.59 Å². The highest BCUT2D eigenvalue weighted by atomic mass is 16.5. The van der Waals surface area contributed by atoms with Gasteiger partial charge in [0.2, 0.25) is 0 Å². The number of esters is 2. The number of ether oxygens (including phenoxy) is 2. The van der Waals surface area contributed by atoms with Crippen LogP contribution in [0.3, 0.4) is 0 Å². The summed E-state index contributed by atoms with van der Waals surface area (Å²) in [5, 5.41) is 0. The van der Waals surface area contributed by atoms with Gasteiger partial charge < -0.3 is 9.47 Å². The van der Waals surface area contributed by atoms with E-state index in [1.165, 1.54) is 51.0 Å². The fraction of sp³-hybridized carbons (Fsp3) is 0.700.